The summed E-state index contributed by atoms with van der Waals surface area (Å²) in [5.41, 5.74) is 0. The summed E-state index contributed by atoms with van der Waals surface area (Å²) in [7, 11) is 0. The van der Waals surface area contributed by atoms with Gasteiger partial charge in [0.1, 0.15) is 6.10 Å². The van der Waals surface area contributed by atoms with Gasteiger partial charge in [0.15, 0.2) is 0 Å². The SMILES string of the molecule is CCCCCCCCCCCCCCCCCCCCC/C=C/CC/C=C/C(O)C(CO)NC(=O)C(O)CCCCCCCCCCCCCCCCCC. The van der Waals surface area contributed by atoms with Crippen molar-refractivity contribution < 1.29 is 20.1 Å². The molecule has 326 valence electrons. The van der Waals surface area contributed by atoms with Crippen molar-refractivity contribution in [2.75, 3.05) is 6.61 Å². The Morgan fingerprint density at radius 1 is 0.436 bits per heavy atom. The second-order valence-corrected chi connectivity index (χ2v) is 17.0. The molecule has 0 heterocycles. The van der Waals surface area contributed by atoms with Crippen LogP contribution in [0, 0.1) is 0 Å². The molecular formula is C50H97NO4. The van der Waals surface area contributed by atoms with Gasteiger partial charge in [-0.3, -0.25) is 4.79 Å². The maximum absolute atomic E-state index is 12.5. The Morgan fingerprint density at radius 2 is 0.745 bits per heavy atom. The summed E-state index contributed by atoms with van der Waals surface area (Å²) in [5.74, 6) is -0.509. The molecule has 0 fully saturated rings. The molecule has 3 unspecified atom stereocenters. The first kappa shape index (κ1) is 53.8. The number of aliphatic hydroxyl groups is 3. The lowest BCUT2D eigenvalue weighted by molar-refractivity contribution is -0.131. The number of carbonyl (C=O) groups excluding carboxylic acids is 1. The molecule has 4 N–H and O–H groups in total. The number of nitrogens with one attached hydrogen (secondary N) is 1. The zero-order valence-corrected chi connectivity index (χ0v) is 37.1. The predicted molar refractivity (Wildman–Crippen MR) is 241 cm³/mol. The molecule has 0 saturated heterocycles. The Balaban J connectivity index is 3.63. The molecule has 0 aliphatic carbocycles. The lowest BCUT2D eigenvalue weighted by atomic mass is 10.0. The zero-order valence-electron chi connectivity index (χ0n) is 37.1. The van der Waals surface area contributed by atoms with Crippen LogP contribution in [0.3, 0.4) is 0 Å². The number of allylic oxidation sites excluding steroid dienone is 3. The fourth-order valence-electron chi connectivity index (χ4n) is 7.67. The van der Waals surface area contributed by atoms with Gasteiger partial charge in [0.05, 0.1) is 18.8 Å². The monoisotopic (exact) mass is 776 g/mol. The number of hydrogen-bond acceptors (Lipinski definition) is 4. The number of hydrogen-bond donors (Lipinski definition) is 4. The van der Waals surface area contributed by atoms with Crippen LogP contribution in [0.5, 0.6) is 0 Å². The normalized spacial score (nSPS) is 13.6. The first-order valence-corrected chi connectivity index (χ1v) is 24.7. The number of carbonyl (C=O) groups is 1. The van der Waals surface area contributed by atoms with Crippen LogP contribution in [0.4, 0.5) is 0 Å². The maximum atomic E-state index is 12.5. The molecule has 5 heteroatoms. The molecular weight excluding hydrogens is 679 g/mol. The molecule has 5 nitrogen and oxygen atoms in total. The number of amides is 1. The van der Waals surface area contributed by atoms with Gasteiger partial charge in [-0.05, 0) is 32.1 Å². The second-order valence-electron chi connectivity index (χ2n) is 17.0. The highest BCUT2D eigenvalue weighted by Crippen LogP contribution is 2.17. The van der Waals surface area contributed by atoms with Crippen molar-refractivity contribution in [1.29, 1.82) is 0 Å². The Hall–Kier alpha value is -1.17. The molecule has 0 spiro atoms. The Kier molecular flexibility index (Phi) is 44.6. The molecule has 55 heavy (non-hydrogen) atoms. The van der Waals surface area contributed by atoms with E-state index in [2.05, 4.69) is 31.3 Å². The minimum atomic E-state index is -1.10. The Bertz CT molecular complexity index is 814. The molecule has 0 radical (unpaired) electrons. The van der Waals surface area contributed by atoms with Crippen LogP contribution in [0.15, 0.2) is 24.3 Å². The molecule has 0 bridgehead atoms. The topological polar surface area (TPSA) is 89.8 Å². The molecule has 0 rings (SSSR count). The molecule has 0 aliphatic rings. The van der Waals surface area contributed by atoms with Gasteiger partial charge in [0.25, 0.3) is 0 Å². The first-order chi connectivity index (χ1) is 27.1. The summed E-state index contributed by atoms with van der Waals surface area (Å²) < 4.78 is 0. The van der Waals surface area contributed by atoms with Crippen molar-refractivity contribution in [3.8, 4) is 0 Å². The van der Waals surface area contributed by atoms with Gasteiger partial charge in [-0.2, -0.15) is 0 Å². The smallest absolute Gasteiger partial charge is 0.249 e. The van der Waals surface area contributed by atoms with Gasteiger partial charge in [0.2, 0.25) is 5.91 Å². The van der Waals surface area contributed by atoms with E-state index in [9.17, 15) is 20.1 Å². The summed E-state index contributed by atoms with van der Waals surface area (Å²) in [6, 6.07) is -0.811. The summed E-state index contributed by atoms with van der Waals surface area (Å²) in [4.78, 5) is 12.5. The minimum Gasteiger partial charge on any atom is -0.394 e. The van der Waals surface area contributed by atoms with Gasteiger partial charge in [0, 0.05) is 0 Å². The molecule has 0 aromatic carbocycles. The van der Waals surface area contributed by atoms with E-state index < -0.39 is 24.2 Å². The van der Waals surface area contributed by atoms with E-state index in [4.69, 9.17) is 0 Å². The van der Waals surface area contributed by atoms with Crippen LogP contribution >= 0.6 is 0 Å². The third kappa shape index (κ3) is 40.8. The molecule has 0 aromatic rings. The fraction of sp³-hybridized carbons (Fsp3) is 0.900. The van der Waals surface area contributed by atoms with E-state index in [1.807, 2.05) is 6.08 Å². The van der Waals surface area contributed by atoms with Gasteiger partial charge in [-0.1, -0.05) is 256 Å². The summed E-state index contributed by atoms with van der Waals surface area (Å²) >= 11 is 0. The molecule has 0 aliphatic heterocycles. The van der Waals surface area contributed by atoms with E-state index in [0.29, 0.717) is 6.42 Å². The standard InChI is InChI=1S/C50H97NO4/c1-3-5-7-9-11-13-15-17-19-21-22-23-24-25-26-27-28-29-31-32-34-36-38-40-42-44-48(53)47(46-52)51-50(55)49(54)45-43-41-39-37-35-33-30-20-18-16-14-12-10-8-6-4-2/h34,36,42,44,47-49,52-54H,3-33,35,37-41,43,45-46H2,1-2H3,(H,51,55)/b36-34+,44-42+. The zero-order chi connectivity index (χ0) is 40.1. The Labute approximate surface area is 343 Å². The summed E-state index contributed by atoms with van der Waals surface area (Å²) in [5, 5.41) is 33.2. The predicted octanol–water partition coefficient (Wildman–Crippen LogP) is 14.6. The average molecular weight is 776 g/mol. The van der Waals surface area contributed by atoms with E-state index in [0.717, 1.165) is 38.5 Å². The van der Waals surface area contributed by atoms with Crippen molar-refractivity contribution in [1.82, 2.24) is 5.32 Å². The molecule has 0 saturated carbocycles. The van der Waals surface area contributed by atoms with Crippen LogP contribution in [-0.2, 0) is 4.79 Å². The third-order valence-corrected chi connectivity index (χ3v) is 11.5. The van der Waals surface area contributed by atoms with Crippen LogP contribution in [-0.4, -0.2) is 46.1 Å². The fourth-order valence-corrected chi connectivity index (χ4v) is 7.67. The number of aliphatic hydroxyl groups excluding tert-OH is 3. The quantitative estimate of drug-likeness (QED) is 0.0366. The van der Waals surface area contributed by atoms with Crippen molar-refractivity contribution in [3.63, 3.8) is 0 Å². The average Bonchev–Trinajstić information content (AvgIpc) is 3.19. The molecule has 0 aromatic heterocycles. The van der Waals surface area contributed by atoms with Crippen molar-refractivity contribution in [2.45, 2.75) is 283 Å². The van der Waals surface area contributed by atoms with Gasteiger partial charge >= 0.3 is 0 Å². The largest absolute Gasteiger partial charge is 0.394 e. The Morgan fingerprint density at radius 3 is 1.11 bits per heavy atom. The van der Waals surface area contributed by atoms with Crippen LogP contribution in [0.25, 0.3) is 0 Å². The highest BCUT2D eigenvalue weighted by Gasteiger charge is 2.22. The first-order valence-electron chi connectivity index (χ1n) is 24.7. The van der Waals surface area contributed by atoms with Crippen LogP contribution < -0.4 is 5.32 Å². The van der Waals surface area contributed by atoms with Crippen LogP contribution in [0.2, 0.25) is 0 Å². The lowest BCUT2D eigenvalue weighted by Gasteiger charge is -2.21. The molecule has 1 amide bonds. The highest BCUT2D eigenvalue weighted by atomic mass is 16.3. The van der Waals surface area contributed by atoms with Crippen molar-refractivity contribution in [2.24, 2.45) is 0 Å². The maximum Gasteiger partial charge on any atom is 0.249 e. The lowest BCUT2D eigenvalue weighted by Crippen LogP contribution is -2.48. The van der Waals surface area contributed by atoms with Gasteiger partial charge < -0.3 is 20.6 Å². The second kappa shape index (κ2) is 45.5. The van der Waals surface area contributed by atoms with E-state index in [1.165, 1.54) is 205 Å². The van der Waals surface area contributed by atoms with Crippen LogP contribution in [0.1, 0.15) is 264 Å². The third-order valence-electron chi connectivity index (χ3n) is 11.5. The minimum absolute atomic E-state index is 0.373. The van der Waals surface area contributed by atoms with E-state index in [1.54, 1.807) is 6.08 Å². The van der Waals surface area contributed by atoms with Gasteiger partial charge in [-0.25, -0.2) is 0 Å². The highest BCUT2D eigenvalue weighted by molar-refractivity contribution is 5.80. The number of unbranched alkanes of at least 4 members (excludes halogenated alkanes) is 35. The summed E-state index contributed by atoms with van der Waals surface area (Å²) in [6.45, 7) is 4.19. The number of rotatable bonds is 45. The van der Waals surface area contributed by atoms with E-state index in [-0.39, 0.29) is 6.61 Å². The summed E-state index contributed by atoms with van der Waals surface area (Å²) in [6.07, 6.45) is 56.6. The molecule has 3 atom stereocenters. The van der Waals surface area contributed by atoms with Crippen molar-refractivity contribution >= 4 is 5.91 Å². The van der Waals surface area contributed by atoms with Crippen molar-refractivity contribution in [3.05, 3.63) is 24.3 Å². The van der Waals surface area contributed by atoms with Gasteiger partial charge in [-0.15, -0.1) is 0 Å². The van der Waals surface area contributed by atoms with E-state index >= 15 is 0 Å².